The lowest BCUT2D eigenvalue weighted by molar-refractivity contribution is 0.530. The van der Waals surface area contributed by atoms with Gasteiger partial charge >= 0.3 is 0 Å². The van der Waals surface area contributed by atoms with Gasteiger partial charge in [0.05, 0.1) is 11.7 Å². The van der Waals surface area contributed by atoms with Crippen molar-refractivity contribution < 1.29 is 0 Å². The molecule has 0 radical (unpaired) electrons. The standard InChI is InChI=1S/C17H21ClN2/c1-12(2)11-15(14-7-5-4-6-8-14)20-16-13(3)9-10-19-17(16)18/h4-10,12,15,20H,11H2,1-3H3. The summed E-state index contributed by atoms with van der Waals surface area (Å²) in [4.78, 5) is 4.17. The number of pyridine rings is 1. The second-order valence-electron chi connectivity index (χ2n) is 5.53. The Morgan fingerprint density at radius 2 is 1.85 bits per heavy atom. The van der Waals surface area contributed by atoms with Crippen molar-refractivity contribution in [1.29, 1.82) is 0 Å². The van der Waals surface area contributed by atoms with Gasteiger partial charge in [-0.1, -0.05) is 55.8 Å². The molecular weight excluding hydrogens is 268 g/mol. The molecule has 0 aliphatic heterocycles. The number of aromatic nitrogens is 1. The monoisotopic (exact) mass is 288 g/mol. The largest absolute Gasteiger partial charge is 0.376 e. The van der Waals surface area contributed by atoms with Gasteiger partial charge in [-0.15, -0.1) is 0 Å². The minimum atomic E-state index is 0.247. The lowest BCUT2D eigenvalue weighted by atomic mass is 9.96. The third-order valence-corrected chi connectivity index (χ3v) is 3.63. The molecule has 3 heteroatoms. The van der Waals surface area contributed by atoms with E-state index in [-0.39, 0.29) is 6.04 Å². The summed E-state index contributed by atoms with van der Waals surface area (Å²) in [5.41, 5.74) is 3.33. The number of benzene rings is 1. The highest BCUT2D eigenvalue weighted by atomic mass is 35.5. The smallest absolute Gasteiger partial charge is 0.152 e. The van der Waals surface area contributed by atoms with Crippen molar-refractivity contribution >= 4 is 17.3 Å². The summed E-state index contributed by atoms with van der Waals surface area (Å²) in [6, 6.07) is 12.7. The number of anilines is 1. The van der Waals surface area contributed by atoms with Crippen molar-refractivity contribution in [3.63, 3.8) is 0 Å². The minimum Gasteiger partial charge on any atom is -0.376 e. The van der Waals surface area contributed by atoms with Crippen LogP contribution in [0.25, 0.3) is 0 Å². The number of nitrogens with zero attached hydrogens (tertiary/aromatic N) is 1. The van der Waals surface area contributed by atoms with Gasteiger partial charge in [0.25, 0.3) is 0 Å². The van der Waals surface area contributed by atoms with Gasteiger partial charge in [-0.2, -0.15) is 0 Å². The fraction of sp³-hybridized carbons (Fsp3) is 0.353. The molecule has 1 unspecified atom stereocenters. The first-order valence-electron chi connectivity index (χ1n) is 7.00. The molecule has 20 heavy (non-hydrogen) atoms. The number of halogens is 1. The Balaban J connectivity index is 2.29. The molecule has 1 atom stereocenters. The van der Waals surface area contributed by atoms with Crippen LogP contribution in [0.15, 0.2) is 42.6 Å². The first-order chi connectivity index (χ1) is 9.58. The van der Waals surface area contributed by atoms with Crippen LogP contribution in [-0.2, 0) is 0 Å². The van der Waals surface area contributed by atoms with Crippen molar-refractivity contribution in [2.45, 2.75) is 33.2 Å². The highest BCUT2D eigenvalue weighted by Crippen LogP contribution is 2.30. The lowest BCUT2D eigenvalue weighted by Crippen LogP contribution is -2.14. The Kier molecular flexibility index (Phi) is 5.02. The van der Waals surface area contributed by atoms with E-state index < -0.39 is 0 Å². The number of hydrogen-bond donors (Lipinski definition) is 1. The molecule has 2 aromatic rings. The molecule has 0 bridgehead atoms. The van der Waals surface area contributed by atoms with Gasteiger partial charge in [0, 0.05) is 6.20 Å². The second kappa shape index (κ2) is 6.76. The number of rotatable bonds is 5. The predicted molar refractivity (Wildman–Crippen MR) is 86.2 cm³/mol. The third kappa shape index (κ3) is 3.73. The van der Waals surface area contributed by atoms with Gasteiger partial charge in [0.15, 0.2) is 5.15 Å². The first-order valence-corrected chi connectivity index (χ1v) is 7.38. The Labute approximate surface area is 126 Å². The minimum absolute atomic E-state index is 0.247. The molecule has 1 aromatic heterocycles. The second-order valence-corrected chi connectivity index (χ2v) is 5.89. The summed E-state index contributed by atoms with van der Waals surface area (Å²) >= 11 is 6.22. The van der Waals surface area contributed by atoms with Crippen LogP contribution < -0.4 is 5.32 Å². The third-order valence-electron chi connectivity index (χ3n) is 3.34. The predicted octanol–water partition coefficient (Wildman–Crippen LogP) is 5.24. The van der Waals surface area contributed by atoms with Crippen LogP contribution in [-0.4, -0.2) is 4.98 Å². The Hall–Kier alpha value is -1.54. The van der Waals surface area contributed by atoms with E-state index >= 15 is 0 Å². The van der Waals surface area contributed by atoms with E-state index in [2.05, 4.69) is 48.4 Å². The summed E-state index contributed by atoms with van der Waals surface area (Å²) < 4.78 is 0. The molecule has 1 N–H and O–H groups in total. The normalized spacial score (nSPS) is 12.4. The highest BCUT2D eigenvalue weighted by molar-refractivity contribution is 6.32. The van der Waals surface area contributed by atoms with Crippen LogP contribution in [0.4, 0.5) is 5.69 Å². The molecule has 0 fully saturated rings. The molecule has 106 valence electrons. The number of hydrogen-bond acceptors (Lipinski definition) is 2. The average Bonchev–Trinajstić information content (AvgIpc) is 2.42. The molecule has 0 aliphatic carbocycles. The van der Waals surface area contributed by atoms with Crippen molar-refractivity contribution in [3.05, 3.63) is 58.9 Å². The molecule has 1 heterocycles. The molecule has 0 aliphatic rings. The summed E-state index contributed by atoms with van der Waals surface area (Å²) in [6.07, 6.45) is 2.79. The maximum absolute atomic E-state index is 6.22. The zero-order valence-electron chi connectivity index (χ0n) is 12.2. The van der Waals surface area contributed by atoms with Crippen LogP contribution in [0.3, 0.4) is 0 Å². The van der Waals surface area contributed by atoms with E-state index in [1.807, 2.05) is 19.1 Å². The molecule has 0 amide bonds. The fourth-order valence-corrected chi connectivity index (χ4v) is 2.57. The fourth-order valence-electron chi connectivity index (χ4n) is 2.31. The van der Waals surface area contributed by atoms with E-state index in [0.717, 1.165) is 17.7 Å². The molecule has 0 saturated heterocycles. The zero-order chi connectivity index (χ0) is 14.5. The summed E-state index contributed by atoms with van der Waals surface area (Å²) in [7, 11) is 0. The maximum Gasteiger partial charge on any atom is 0.152 e. The van der Waals surface area contributed by atoms with Crippen LogP contribution >= 0.6 is 11.6 Å². The average molecular weight is 289 g/mol. The van der Waals surface area contributed by atoms with Crippen molar-refractivity contribution in [1.82, 2.24) is 4.98 Å². The first kappa shape index (κ1) is 14.9. The lowest BCUT2D eigenvalue weighted by Gasteiger charge is -2.23. The summed E-state index contributed by atoms with van der Waals surface area (Å²) in [6.45, 7) is 6.51. The van der Waals surface area contributed by atoms with Crippen molar-refractivity contribution in [2.75, 3.05) is 5.32 Å². The Morgan fingerprint density at radius 1 is 1.15 bits per heavy atom. The maximum atomic E-state index is 6.22. The van der Waals surface area contributed by atoms with Gasteiger partial charge in [-0.05, 0) is 36.5 Å². The van der Waals surface area contributed by atoms with Gasteiger partial charge in [-0.25, -0.2) is 4.98 Å². The molecule has 2 rings (SSSR count). The molecule has 0 spiro atoms. The topological polar surface area (TPSA) is 24.9 Å². The summed E-state index contributed by atoms with van der Waals surface area (Å²) in [5.74, 6) is 0.600. The summed E-state index contributed by atoms with van der Waals surface area (Å²) in [5, 5.41) is 4.11. The quantitative estimate of drug-likeness (QED) is 0.761. The van der Waals surface area contributed by atoms with Gasteiger partial charge in [0.1, 0.15) is 0 Å². The van der Waals surface area contributed by atoms with E-state index in [1.54, 1.807) is 6.20 Å². The number of nitrogens with one attached hydrogen (secondary N) is 1. The van der Waals surface area contributed by atoms with Gasteiger partial charge in [-0.3, -0.25) is 0 Å². The van der Waals surface area contributed by atoms with Crippen molar-refractivity contribution in [3.8, 4) is 0 Å². The SMILES string of the molecule is Cc1ccnc(Cl)c1NC(CC(C)C)c1ccccc1. The molecule has 1 aromatic carbocycles. The van der Waals surface area contributed by atoms with Gasteiger partial charge < -0.3 is 5.32 Å². The molecular formula is C17H21ClN2. The Bertz CT molecular complexity index is 532. The van der Waals surface area contributed by atoms with E-state index in [0.29, 0.717) is 11.1 Å². The zero-order valence-corrected chi connectivity index (χ0v) is 13.0. The van der Waals surface area contributed by atoms with Crippen molar-refractivity contribution in [2.24, 2.45) is 5.92 Å². The van der Waals surface area contributed by atoms with E-state index in [1.165, 1.54) is 5.56 Å². The van der Waals surface area contributed by atoms with Crippen LogP contribution in [0.2, 0.25) is 5.15 Å². The molecule has 2 nitrogen and oxygen atoms in total. The Morgan fingerprint density at radius 3 is 2.45 bits per heavy atom. The van der Waals surface area contributed by atoms with Crippen LogP contribution in [0.5, 0.6) is 0 Å². The van der Waals surface area contributed by atoms with Crippen LogP contribution in [0, 0.1) is 12.8 Å². The van der Waals surface area contributed by atoms with E-state index in [9.17, 15) is 0 Å². The van der Waals surface area contributed by atoms with Crippen LogP contribution in [0.1, 0.15) is 37.4 Å². The van der Waals surface area contributed by atoms with Gasteiger partial charge in [0.2, 0.25) is 0 Å². The van der Waals surface area contributed by atoms with E-state index in [4.69, 9.17) is 11.6 Å². The number of aryl methyl sites for hydroxylation is 1. The molecule has 0 saturated carbocycles. The highest BCUT2D eigenvalue weighted by Gasteiger charge is 2.16.